The lowest BCUT2D eigenvalue weighted by atomic mass is 10.0. The van der Waals surface area contributed by atoms with E-state index in [0.29, 0.717) is 58.2 Å². The molecule has 4 aromatic heterocycles. The Kier molecular flexibility index (Phi) is 7.10. The molecule has 0 unspecified atom stereocenters. The van der Waals surface area contributed by atoms with E-state index in [-0.39, 0.29) is 0 Å². The number of hydrogen-bond donors (Lipinski definition) is 0. The minimum Gasteiger partial charge on any atom is -0.423 e. The maximum absolute atomic E-state index is 12.3. The largest absolute Gasteiger partial charge is 0.423 e. The van der Waals surface area contributed by atoms with E-state index in [1.165, 1.54) is 12.1 Å². The average molecular weight is 633 g/mol. The summed E-state index contributed by atoms with van der Waals surface area (Å²) in [6.45, 7) is 4.61. The van der Waals surface area contributed by atoms with Crippen LogP contribution in [-0.2, 0) is 13.1 Å². The number of benzene rings is 4. The van der Waals surface area contributed by atoms with Gasteiger partial charge in [-0.3, -0.25) is 0 Å². The van der Waals surface area contributed by atoms with Gasteiger partial charge in [0.2, 0.25) is 0 Å². The topological polar surface area (TPSA) is 122 Å². The lowest BCUT2D eigenvalue weighted by Gasteiger charge is -2.13. The quantitative estimate of drug-likeness (QED) is 0.176. The number of rotatable bonds is 7. The molecule has 0 bridgehead atoms. The van der Waals surface area contributed by atoms with Crippen molar-refractivity contribution in [2.24, 2.45) is 0 Å². The van der Waals surface area contributed by atoms with E-state index in [4.69, 9.17) is 19.0 Å². The molecule has 0 N–H and O–H groups in total. The van der Waals surface area contributed by atoms with E-state index in [1.54, 1.807) is 0 Å². The summed E-state index contributed by atoms with van der Waals surface area (Å²) >= 11 is 0. The summed E-state index contributed by atoms with van der Waals surface area (Å²) < 4.78 is 14.9. The van der Waals surface area contributed by atoms with Gasteiger partial charge in [-0.05, 0) is 48.2 Å². The molecule has 10 heteroatoms. The van der Waals surface area contributed by atoms with E-state index < -0.39 is 11.3 Å². The van der Waals surface area contributed by atoms with Gasteiger partial charge in [0.25, 0.3) is 0 Å². The second kappa shape index (κ2) is 11.7. The number of aryl methyl sites for hydroxylation is 2. The number of hydrogen-bond acceptors (Lipinski definition) is 8. The number of nitrogens with zero attached hydrogens (tertiary/aromatic N) is 6. The minimum absolute atomic E-state index is 0.421. The fourth-order valence-corrected chi connectivity index (χ4v) is 6.16. The zero-order valence-corrected chi connectivity index (χ0v) is 26.1. The predicted octanol–water partition coefficient (Wildman–Crippen LogP) is 6.80. The first-order valence-corrected chi connectivity index (χ1v) is 15.5. The monoisotopic (exact) mass is 632 g/mol. The van der Waals surface area contributed by atoms with Crippen molar-refractivity contribution in [3.63, 3.8) is 0 Å². The van der Waals surface area contributed by atoms with Crippen LogP contribution in [-0.4, -0.2) is 30.0 Å². The van der Waals surface area contributed by atoms with E-state index >= 15 is 0 Å². The molecule has 234 valence electrons. The van der Waals surface area contributed by atoms with Crippen molar-refractivity contribution in [3.8, 4) is 33.9 Å². The Morgan fingerprint density at radius 3 is 1.38 bits per heavy atom. The third-order valence-corrected chi connectivity index (χ3v) is 8.49. The minimum atomic E-state index is -0.421. The van der Waals surface area contributed by atoms with Crippen molar-refractivity contribution >= 4 is 21.9 Å². The molecular formula is C38H28N6O4. The van der Waals surface area contributed by atoms with E-state index in [1.807, 2.05) is 120 Å². The van der Waals surface area contributed by atoms with Crippen LogP contribution in [0.25, 0.3) is 55.8 Å². The Labute approximate surface area is 273 Å². The number of fused-ring (bicyclic) bond motifs is 2. The van der Waals surface area contributed by atoms with Crippen LogP contribution < -0.4 is 11.3 Å². The molecule has 4 heterocycles. The van der Waals surface area contributed by atoms with Crippen LogP contribution in [0.15, 0.2) is 128 Å². The smallest absolute Gasteiger partial charge is 0.336 e. The molecule has 0 radical (unpaired) electrons. The van der Waals surface area contributed by atoms with Crippen molar-refractivity contribution in [1.29, 1.82) is 0 Å². The zero-order chi connectivity index (χ0) is 32.8. The fraction of sp³-hybridized carbons (Fsp3) is 0.105. The van der Waals surface area contributed by atoms with Crippen LogP contribution in [0.5, 0.6) is 0 Å². The second-order valence-electron chi connectivity index (χ2n) is 11.8. The van der Waals surface area contributed by atoms with Gasteiger partial charge >= 0.3 is 11.3 Å². The second-order valence-corrected chi connectivity index (χ2v) is 11.8. The Morgan fingerprint density at radius 1 is 0.542 bits per heavy atom. The molecule has 48 heavy (non-hydrogen) atoms. The molecule has 0 atom stereocenters. The Hall–Kier alpha value is -6.42. The third-order valence-electron chi connectivity index (χ3n) is 8.49. The standard InChI is InChI=1S/C38H28N6O4/c1-23-17-33(45)47-31-19-27(13-15-29(23)31)35-37(43(41-39-35)21-25-9-5-3-6-10-25)38-36(40-42-44(38)22-26-11-7-4-8-12-26)28-14-16-30-24(2)18-34(46)48-32(30)20-28/h3-20H,21-22H2,1-2H3. The van der Waals surface area contributed by atoms with E-state index in [9.17, 15) is 9.59 Å². The van der Waals surface area contributed by atoms with Crippen molar-refractivity contribution < 1.29 is 8.83 Å². The highest BCUT2D eigenvalue weighted by molar-refractivity contribution is 5.91. The highest BCUT2D eigenvalue weighted by Crippen LogP contribution is 2.38. The van der Waals surface area contributed by atoms with E-state index in [2.05, 4.69) is 10.4 Å². The summed E-state index contributed by atoms with van der Waals surface area (Å²) in [4.78, 5) is 24.6. The summed E-state index contributed by atoms with van der Waals surface area (Å²) in [7, 11) is 0. The van der Waals surface area contributed by atoms with Crippen molar-refractivity contribution in [3.05, 3.63) is 152 Å². The molecule has 0 saturated carbocycles. The average Bonchev–Trinajstić information content (AvgIpc) is 3.68. The Morgan fingerprint density at radius 2 is 0.958 bits per heavy atom. The molecule has 0 amide bonds. The molecule has 4 aromatic carbocycles. The van der Waals surface area contributed by atoms with Crippen molar-refractivity contribution in [2.75, 3.05) is 0 Å². The van der Waals surface area contributed by atoms with Gasteiger partial charge in [0.05, 0.1) is 13.1 Å². The van der Waals surface area contributed by atoms with Gasteiger partial charge in [-0.2, -0.15) is 0 Å². The fourth-order valence-electron chi connectivity index (χ4n) is 6.16. The first kappa shape index (κ1) is 29.0. The molecule has 0 aliphatic heterocycles. The Bertz CT molecular complexity index is 2400. The number of aromatic nitrogens is 6. The third kappa shape index (κ3) is 5.28. The van der Waals surface area contributed by atoms with Gasteiger partial charge in [-0.1, -0.05) is 95.4 Å². The van der Waals surface area contributed by atoms with Crippen LogP contribution in [0.1, 0.15) is 22.3 Å². The molecular weight excluding hydrogens is 604 g/mol. The van der Waals surface area contributed by atoms with Crippen LogP contribution >= 0.6 is 0 Å². The lowest BCUT2D eigenvalue weighted by molar-refractivity contribution is 0.559. The van der Waals surface area contributed by atoms with Crippen LogP contribution in [0.3, 0.4) is 0 Å². The molecule has 0 saturated heterocycles. The molecule has 0 aliphatic rings. The molecule has 0 aliphatic carbocycles. The highest BCUT2D eigenvalue weighted by atomic mass is 16.4. The van der Waals surface area contributed by atoms with Crippen molar-refractivity contribution in [2.45, 2.75) is 26.9 Å². The van der Waals surface area contributed by atoms with Gasteiger partial charge < -0.3 is 8.83 Å². The zero-order valence-electron chi connectivity index (χ0n) is 26.1. The molecule has 8 rings (SSSR count). The molecule has 0 spiro atoms. The summed E-state index contributed by atoms with van der Waals surface area (Å²) in [5, 5.41) is 20.4. The first-order chi connectivity index (χ1) is 23.4. The van der Waals surface area contributed by atoms with Gasteiger partial charge in [0, 0.05) is 34.0 Å². The maximum atomic E-state index is 12.3. The van der Waals surface area contributed by atoms with Crippen molar-refractivity contribution in [1.82, 2.24) is 30.0 Å². The van der Waals surface area contributed by atoms with Crippen LogP contribution in [0.4, 0.5) is 0 Å². The summed E-state index contributed by atoms with van der Waals surface area (Å²) in [6, 6.07) is 34.4. The van der Waals surface area contributed by atoms with Gasteiger partial charge in [-0.25, -0.2) is 19.0 Å². The SMILES string of the molecule is Cc1cc(=O)oc2cc(-c3nnn(Cc4ccccc4)c3-c3c(-c4ccc5c(C)cc(=O)oc5c4)nnn3Cc3ccccc3)ccc12. The van der Waals surface area contributed by atoms with Crippen LogP contribution in [0, 0.1) is 13.8 Å². The first-order valence-electron chi connectivity index (χ1n) is 15.5. The normalized spacial score (nSPS) is 11.5. The molecule has 10 nitrogen and oxygen atoms in total. The summed E-state index contributed by atoms with van der Waals surface area (Å²) in [5.74, 6) is 0. The highest BCUT2D eigenvalue weighted by Gasteiger charge is 2.27. The predicted molar refractivity (Wildman–Crippen MR) is 183 cm³/mol. The molecule has 8 aromatic rings. The summed E-state index contributed by atoms with van der Waals surface area (Å²) in [6.07, 6.45) is 0. The lowest BCUT2D eigenvalue weighted by Crippen LogP contribution is -2.10. The van der Waals surface area contributed by atoms with Gasteiger partial charge in [0.15, 0.2) is 0 Å². The molecule has 0 fully saturated rings. The van der Waals surface area contributed by atoms with Crippen LogP contribution in [0.2, 0.25) is 0 Å². The van der Waals surface area contributed by atoms with E-state index in [0.717, 1.165) is 33.0 Å². The van der Waals surface area contributed by atoms with Gasteiger partial charge in [0.1, 0.15) is 33.9 Å². The maximum Gasteiger partial charge on any atom is 0.336 e. The summed E-state index contributed by atoms with van der Waals surface area (Å²) in [5.41, 5.74) is 7.69. The van der Waals surface area contributed by atoms with Gasteiger partial charge in [-0.15, -0.1) is 10.2 Å². The Balaban J connectivity index is 1.40.